The Morgan fingerprint density at radius 2 is 2.00 bits per heavy atom. The molecule has 0 amide bonds. The van der Waals surface area contributed by atoms with Gasteiger partial charge in [0, 0.05) is 5.92 Å². The molecule has 1 saturated heterocycles. The molecule has 2 heterocycles. The summed E-state index contributed by atoms with van der Waals surface area (Å²) in [7, 11) is 0. The zero-order valence-corrected chi connectivity index (χ0v) is 15.3. The summed E-state index contributed by atoms with van der Waals surface area (Å²) < 4.78 is 0. The van der Waals surface area contributed by atoms with E-state index < -0.39 is 11.4 Å². The van der Waals surface area contributed by atoms with E-state index in [-0.39, 0.29) is 23.0 Å². The highest BCUT2D eigenvalue weighted by molar-refractivity contribution is 5.75. The van der Waals surface area contributed by atoms with Gasteiger partial charge in [-0.05, 0) is 67.9 Å². The van der Waals surface area contributed by atoms with E-state index in [1.807, 2.05) is 6.92 Å². The van der Waals surface area contributed by atoms with E-state index in [1.54, 1.807) is 0 Å². The van der Waals surface area contributed by atoms with Crippen molar-refractivity contribution in [2.24, 2.45) is 28.6 Å². The molecule has 3 aliphatic carbocycles. The molecule has 5 rings (SSSR count). The summed E-state index contributed by atoms with van der Waals surface area (Å²) in [6.07, 6.45) is 8.07. The van der Waals surface area contributed by atoms with Gasteiger partial charge in [-0.25, -0.2) is 9.78 Å². The normalized spacial score (nSPS) is 50.2. The van der Waals surface area contributed by atoms with Crippen LogP contribution in [-0.2, 0) is 14.6 Å². The van der Waals surface area contributed by atoms with Crippen LogP contribution in [0.25, 0.3) is 0 Å². The Morgan fingerprint density at radius 3 is 2.67 bits per heavy atom. The lowest BCUT2D eigenvalue weighted by atomic mass is 9.43. The summed E-state index contributed by atoms with van der Waals surface area (Å²) >= 11 is 0. The van der Waals surface area contributed by atoms with Gasteiger partial charge in [0.05, 0.1) is 5.41 Å². The predicted molar refractivity (Wildman–Crippen MR) is 90.1 cm³/mol. The summed E-state index contributed by atoms with van der Waals surface area (Å²) in [5.74, 6) is 0.443. The minimum absolute atomic E-state index is 0.0185. The minimum atomic E-state index is -0.620. The Balaban J connectivity index is 1.76. The summed E-state index contributed by atoms with van der Waals surface area (Å²) in [5, 5.41) is 9.92. The van der Waals surface area contributed by atoms with Gasteiger partial charge in [-0.2, -0.15) is 0 Å². The zero-order valence-electron chi connectivity index (χ0n) is 15.3. The monoisotopic (exact) mass is 334 g/mol. The van der Waals surface area contributed by atoms with E-state index in [9.17, 15) is 9.90 Å². The zero-order chi connectivity index (χ0) is 17.3. The third-order valence-electron chi connectivity index (χ3n) is 7.89. The fraction of sp³-hybridized carbons (Fsp3) is 0.850. The second-order valence-electron chi connectivity index (χ2n) is 9.38. The number of fused-ring (bicyclic) bond motifs is 2. The van der Waals surface area contributed by atoms with E-state index >= 15 is 0 Å². The molecule has 2 bridgehead atoms. The molecule has 0 radical (unpaired) electrons. The van der Waals surface area contributed by atoms with Crippen molar-refractivity contribution in [2.45, 2.75) is 77.9 Å². The van der Waals surface area contributed by atoms with E-state index in [1.165, 1.54) is 5.57 Å². The molecule has 4 nitrogen and oxygen atoms in total. The van der Waals surface area contributed by atoms with E-state index in [4.69, 9.17) is 9.78 Å². The van der Waals surface area contributed by atoms with Crippen LogP contribution in [0.3, 0.4) is 0 Å². The second-order valence-corrected chi connectivity index (χ2v) is 9.38. The average Bonchev–Trinajstić information content (AvgIpc) is 2.54. The smallest absolute Gasteiger partial charge is 0.309 e. The molecule has 1 N–H and O–H groups in total. The molecule has 2 aliphatic heterocycles. The first-order valence-corrected chi connectivity index (χ1v) is 9.53. The number of aliphatic carboxylic acids is 1. The number of hydrogen-bond donors (Lipinski definition) is 1. The number of carboxylic acids is 1. The van der Waals surface area contributed by atoms with Crippen LogP contribution in [0.15, 0.2) is 11.6 Å². The largest absolute Gasteiger partial charge is 0.481 e. The number of rotatable bonds is 2. The van der Waals surface area contributed by atoms with E-state index in [0.29, 0.717) is 11.8 Å². The quantitative estimate of drug-likeness (QED) is 0.602. The minimum Gasteiger partial charge on any atom is -0.481 e. The Kier molecular flexibility index (Phi) is 3.51. The van der Waals surface area contributed by atoms with Crippen molar-refractivity contribution in [2.75, 3.05) is 0 Å². The van der Waals surface area contributed by atoms with Gasteiger partial charge in [-0.3, -0.25) is 4.79 Å². The maximum absolute atomic E-state index is 12.1. The highest BCUT2D eigenvalue weighted by Crippen LogP contribution is 2.66. The number of hydrogen-bond acceptors (Lipinski definition) is 3. The molecule has 0 aromatic heterocycles. The number of carbonyl (C=O) groups is 1. The first-order chi connectivity index (χ1) is 11.2. The molecule has 1 spiro atoms. The topological polar surface area (TPSA) is 55.8 Å². The van der Waals surface area contributed by atoms with Crippen molar-refractivity contribution >= 4 is 5.97 Å². The molecular formula is C20H30O4. The van der Waals surface area contributed by atoms with Crippen LogP contribution >= 0.6 is 0 Å². The van der Waals surface area contributed by atoms with Crippen LogP contribution in [0, 0.1) is 28.6 Å². The van der Waals surface area contributed by atoms with Gasteiger partial charge in [0.2, 0.25) is 0 Å². The van der Waals surface area contributed by atoms with Crippen molar-refractivity contribution in [3.63, 3.8) is 0 Å². The van der Waals surface area contributed by atoms with Gasteiger partial charge in [-0.1, -0.05) is 27.2 Å². The molecule has 4 heteroatoms. The van der Waals surface area contributed by atoms with Gasteiger partial charge in [0.25, 0.3) is 0 Å². The third kappa shape index (κ3) is 1.96. The summed E-state index contributed by atoms with van der Waals surface area (Å²) in [6.45, 7) is 8.74. The van der Waals surface area contributed by atoms with Gasteiger partial charge < -0.3 is 5.11 Å². The first-order valence-electron chi connectivity index (χ1n) is 9.53. The van der Waals surface area contributed by atoms with Gasteiger partial charge >= 0.3 is 5.97 Å². The highest BCUT2D eigenvalue weighted by atomic mass is 17.2. The van der Waals surface area contributed by atoms with Crippen molar-refractivity contribution in [3.8, 4) is 0 Å². The van der Waals surface area contributed by atoms with Crippen molar-refractivity contribution in [1.29, 1.82) is 0 Å². The summed E-state index contributed by atoms with van der Waals surface area (Å²) in [4.78, 5) is 23.8. The molecule has 0 aromatic rings. The molecule has 6 unspecified atom stereocenters. The van der Waals surface area contributed by atoms with E-state index in [2.05, 4.69) is 26.8 Å². The van der Waals surface area contributed by atoms with Crippen LogP contribution < -0.4 is 0 Å². The maximum atomic E-state index is 12.1. The lowest BCUT2D eigenvalue weighted by Crippen LogP contribution is -2.65. The standard InChI is InChI=1S/C20H30O4/c1-12(2)13-11-20-9-6-15-18(3,16(20)10-14(13)23-24-20)7-5-8-19(15,4)17(21)22/h11-12,14-16H,5-10H2,1-4H3,(H,21,22). The first kappa shape index (κ1) is 16.6. The third-order valence-corrected chi connectivity index (χ3v) is 7.89. The fourth-order valence-electron chi connectivity index (χ4n) is 6.61. The summed E-state index contributed by atoms with van der Waals surface area (Å²) in [5.41, 5.74) is 0.453. The van der Waals surface area contributed by atoms with Gasteiger partial charge in [0.15, 0.2) is 0 Å². The van der Waals surface area contributed by atoms with Gasteiger partial charge in [0.1, 0.15) is 11.7 Å². The maximum Gasteiger partial charge on any atom is 0.309 e. The molecule has 6 atom stereocenters. The predicted octanol–water partition coefficient (Wildman–Crippen LogP) is 4.35. The van der Waals surface area contributed by atoms with Crippen LogP contribution in [-0.4, -0.2) is 22.8 Å². The lowest BCUT2D eigenvalue weighted by molar-refractivity contribution is -0.434. The van der Waals surface area contributed by atoms with Crippen molar-refractivity contribution in [3.05, 3.63) is 11.6 Å². The Labute approximate surface area is 144 Å². The molecule has 2 saturated carbocycles. The van der Waals surface area contributed by atoms with Crippen molar-refractivity contribution in [1.82, 2.24) is 0 Å². The van der Waals surface area contributed by atoms with Gasteiger partial charge in [-0.15, -0.1) is 0 Å². The molecular weight excluding hydrogens is 304 g/mol. The SMILES string of the molecule is CC(C)C1=CC23CCC4C(C)(C(=O)O)CCCC4(C)C2CC1OO3. The number of carboxylic acid groups (broad SMARTS) is 1. The second kappa shape index (κ2) is 5.07. The molecule has 3 fully saturated rings. The molecule has 24 heavy (non-hydrogen) atoms. The Hall–Kier alpha value is -0.870. The van der Waals surface area contributed by atoms with Crippen molar-refractivity contribution < 1.29 is 19.7 Å². The summed E-state index contributed by atoms with van der Waals surface area (Å²) in [6, 6.07) is 0. The lowest BCUT2D eigenvalue weighted by Gasteiger charge is -2.64. The Morgan fingerprint density at radius 1 is 1.25 bits per heavy atom. The highest BCUT2D eigenvalue weighted by Gasteiger charge is 2.66. The van der Waals surface area contributed by atoms with Crippen LogP contribution in [0.4, 0.5) is 0 Å². The average molecular weight is 334 g/mol. The molecule has 5 aliphatic rings. The van der Waals surface area contributed by atoms with Crippen LogP contribution in [0.5, 0.6) is 0 Å². The fourth-order valence-corrected chi connectivity index (χ4v) is 6.61. The van der Waals surface area contributed by atoms with Crippen LogP contribution in [0.1, 0.15) is 66.2 Å². The molecule has 0 aromatic carbocycles. The van der Waals surface area contributed by atoms with E-state index in [0.717, 1.165) is 38.5 Å². The van der Waals surface area contributed by atoms with Crippen LogP contribution in [0.2, 0.25) is 0 Å². The Bertz CT molecular complexity index is 596. The molecule has 134 valence electrons.